The number of ether oxygens (including phenoxy) is 4. The van der Waals surface area contributed by atoms with Crippen molar-refractivity contribution in [1.29, 1.82) is 0 Å². The zero-order valence-corrected chi connectivity index (χ0v) is 18.9. The molecule has 1 amide bonds. The second-order valence-corrected chi connectivity index (χ2v) is 8.46. The highest BCUT2D eigenvalue weighted by atomic mass is 79.9. The van der Waals surface area contributed by atoms with Crippen LogP contribution in [0.4, 0.5) is 4.79 Å². The Kier molecular flexibility index (Phi) is 6.36. The fourth-order valence-corrected chi connectivity index (χ4v) is 4.58. The van der Waals surface area contributed by atoms with Crippen LogP contribution in [0.25, 0.3) is 0 Å². The summed E-state index contributed by atoms with van der Waals surface area (Å²) < 4.78 is 23.0. The molecule has 4 rings (SSSR count). The maximum absolute atomic E-state index is 13.4. The first-order valence-electron chi connectivity index (χ1n) is 10.2. The third kappa shape index (κ3) is 4.49. The molecule has 1 aliphatic carbocycles. The molecule has 164 valence electrons. The zero-order chi connectivity index (χ0) is 22.0. The van der Waals surface area contributed by atoms with E-state index in [9.17, 15) is 9.59 Å². The summed E-state index contributed by atoms with van der Waals surface area (Å²) in [5.41, 5.74) is 1.00. The highest BCUT2D eigenvalue weighted by molar-refractivity contribution is 9.10. The van der Waals surface area contributed by atoms with E-state index < -0.39 is 18.3 Å². The molecule has 0 spiro atoms. The maximum atomic E-state index is 13.4. The minimum absolute atomic E-state index is 0.0769. The minimum atomic E-state index is -1.14. The van der Waals surface area contributed by atoms with Gasteiger partial charge in [-0.15, -0.1) is 0 Å². The molecule has 0 saturated heterocycles. The second kappa shape index (κ2) is 9.18. The normalized spacial score (nSPS) is 20.5. The van der Waals surface area contributed by atoms with Crippen LogP contribution in [0.3, 0.4) is 0 Å². The van der Waals surface area contributed by atoms with Crippen molar-refractivity contribution in [2.24, 2.45) is 0 Å². The topological polar surface area (TPSA) is 83.1 Å². The fraction of sp³-hybridized carbons (Fsp3) is 0.391. The third-order valence-corrected chi connectivity index (χ3v) is 6.27. The molecule has 2 aromatic rings. The van der Waals surface area contributed by atoms with Gasteiger partial charge in [0.15, 0.2) is 6.10 Å². The largest absolute Gasteiger partial charge is 0.497 e. The van der Waals surface area contributed by atoms with Crippen LogP contribution in [0.5, 0.6) is 17.2 Å². The summed E-state index contributed by atoms with van der Waals surface area (Å²) >= 11 is 3.47. The minimum Gasteiger partial charge on any atom is -0.497 e. The molecule has 7 nitrogen and oxygen atoms in total. The number of hydrogen-bond acceptors (Lipinski definition) is 6. The van der Waals surface area contributed by atoms with Gasteiger partial charge in [0, 0.05) is 6.04 Å². The molecule has 1 aliphatic heterocycles. The van der Waals surface area contributed by atoms with Gasteiger partial charge in [-0.3, -0.25) is 4.79 Å². The Labute approximate surface area is 189 Å². The molecule has 1 saturated carbocycles. The second-order valence-electron chi connectivity index (χ2n) is 7.61. The van der Waals surface area contributed by atoms with Gasteiger partial charge in [0.1, 0.15) is 17.2 Å². The van der Waals surface area contributed by atoms with Crippen LogP contribution >= 0.6 is 15.9 Å². The van der Waals surface area contributed by atoms with E-state index in [0.29, 0.717) is 32.8 Å². The number of halogens is 1. The molecule has 2 aromatic carbocycles. The van der Waals surface area contributed by atoms with Crippen molar-refractivity contribution in [3.63, 3.8) is 0 Å². The number of nitrogens with one attached hydrogen (secondary N) is 1. The van der Waals surface area contributed by atoms with Gasteiger partial charge in [-0.25, -0.2) is 4.79 Å². The Hall–Kier alpha value is -2.74. The maximum Gasteiger partial charge on any atom is 0.408 e. The molecule has 1 N–H and O–H groups in total. The lowest BCUT2D eigenvalue weighted by Gasteiger charge is -2.33. The third-order valence-electron chi connectivity index (χ3n) is 5.66. The fourth-order valence-electron chi connectivity index (χ4n) is 4.02. The Morgan fingerprint density at radius 3 is 2.55 bits per heavy atom. The van der Waals surface area contributed by atoms with Crippen molar-refractivity contribution in [2.75, 3.05) is 14.2 Å². The number of carbonyl (C=O) groups excluding carboxylic acids is 2. The molecule has 0 radical (unpaired) electrons. The van der Waals surface area contributed by atoms with E-state index in [4.69, 9.17) is 18.9 Å². The summed E-state index contributed by atoms with van der Waals surface area (Å²) in [5.74, 6) is 1.25. The van der Waals surface area contributed by atoms with E-state index in [1.165, 1.54) is 7.11 Å². The number of methoxy groups -OCH3 is 2. The number of fused-ring (bicyclic) bond motifs is 1. The van der Waals surface area contributed by atoms with Gasteiger partial charge in [0.2, 0.25) is 11.9 Å². The van der Waals surface area contributed by atoms with Crippen LogP contribution in [0, 0.1) is 0 Å². The number of rotatable bonds is 5. The molecule has 1 fully saturated rings. The van der Waals surface area contributed by atoms with Gasteiger partial charge in [0.05, 0.1) is 24.3 Å². The number of amides is 1. The van der Waals surface area contributed by atoms with Crippen LogP contribution in [-0.2, 0) is 4.74 Å². The molecule has 31 heavy (non-hydrogen) atoms. The Morgan fingerprint density at radius 1 is 1.10 bits per heavy atom. The van der Waals surface area contributed by atoms with Gasteiger partial charge in [-0.1, -0.05) is 18.9 Å². The van der Waals surface area contributed by atoms with Gasteiger partial charge in [-0.2, -0.15) is 0 Å². The highest BCUT2D eigenvalue weighted by Crippen LogP contribution is 2.40. The van der Waals surface area contributed by atoms with E-state index in [2.05, 4.69) is 21.2 Å². The molecular formula is C23H24BrNO6. The molecule has 0 aromatic heterocycles. The number of benzene rings is 2. The number of Topliss-reactive ketones (excluding diaryl/α,β-unsaturated/α-hetero) is 1. The number of ketones is 1. The van der Waals surface area contributed by atoms with Crippen molar-refractivity contribution in [2.45, 2.75) is 43.9 Å². The van der Waals surface area contributed by atoms with E-state index in [0.717, 1.165) is 25.7 Å². The van der Waals surface area contributed by atoms with Gasteiger partial charge in [0.25, 0.3) is 0 Å². The Morgan fingerprint density at radius 2 is 1.87 bits per heavy atom. The predicted octanol–water partition coefficient (Wildman–Crippen LogP) is 4.82. The Balaban J connectivity index is 1.66. The van der Waals surface area contributed by atoms with E-state index in [-0.39, 0.29) is 11.8 Å². The van der Waals surface area contributed by atoms with Crippen LogP contribution in [0.15, 0.2) is 40.9 Å². The number of hydrogen-bond donors (Lipinski definition) is 1. The van der Waals surface area contributed by atoms with Gasteiger partial charge < -0.3 is 24.3 Å². The summed E-state index contributed by atoms with van der Waals surface area (Å²) in [4.78, 5) is 26.0. The standard InChI is InChI=1S/C23H24BrNO6/c1-28-15-8-10-18-16(12-15)20(26)22(31-23(27)25-14-5-3-4-6-14)21(30-18)13-7-9-19(29-2)17(24)11-13/h7-12,14,21-22H,3-6H2,1-2H3,(H,25,27)/t21-,22?/m0/s1. The zero-order valence-electron chi connectivity index (χ0n) is 17.4. The van der Waals surface area contributed by atoms with E-state index >= 15 is 0 Å². The van der Waals surface area contributed by atoms with E-state index in [1.54, 1.807) is 43.5 Å². The van der Waals surface area contributed by atoms with Gasteiger partial charge in [-0.05, 0) is 64.7 Å². The first kappa shape index (κ1) is 21.5. The summed E-state index contributed by atoms with van der Waals surface area (Å²) in [6.07, 6.45) is 1.43. The molecule has 1 unspecified atom stereocenters. The average Bonchev–Trinajstić information content (AvgIpc) is 3.28. The highest BCUT2D eigenvalue weighted by Gasteiger charge is 2.42. The van der Waals surface area contributed by atoms with Crippen LogP contribution in [0.2, 0.25) is 0 Å². The molecule has 2 aliphatic rings. The van der Waals surface area contributed by atoms with Crippen molar-refractivity contribution >= 4 is 27.8 Å². The van der Waals surface area contributed by atoms with Crippen LogP contribution < -0.4 is 19.5 Å². The monoisotopic (exact) mass is 489 g/mol. The summed E-state index contributed by atoms with van der Waals surface area (Å²) in [6, 6.07) is 10.5. The lowest BCUT2D eigenvalue weighted by molar-refractivity contribution is 0.00822. The lowest BCUT2D eigenvalue weighted by atomic mass is 9.93. The average molecular weight is 490 g/mol. The summed E-state index contributed by atoms with van der Waals surface area (Å²) in [6.45, 7) is 0. The van der Waals surface area contributed by atoms with Crippen molar-refractivity contribution < 1.29 is 28.5 Å². The lowest BCUT2D eigenvalue weighted by Crippen LogP contribution is -2.44. The molecule has 0 bridgehead atoms. The summed E-state index contributed by atoms with van der Waals surface area (Å²) in [5, 5.41) is 2.87. The SMILES string of the molecule is COc1ccc2c(c1)C(=O)C(OC(=O)NC1CCCC1)[C@H](c1ccc(OC)c(Br)c1)O2. The van der Waals surface area contributed by atoms with Crippen LogP contribution in [-0.4, -0.2) is 38.2 Å². The predicted molar refractivity (Wildman–Crippen MR) is 117 cm³/mol. The van der Waals surface area contributed by atoms with Gasteiger partial charge >= 0.3 is 6.09 Å². The van der Waals surface area contributed by atoms with Crippen LogP contribution in [0.1, 0.15) is 47.7 Å². The molecule has 8 heteroatoms. The summed E-state index contributed by atoms with van der Waals surface area (Å²) in [7, 11) is 3.10. The number of alkyl carbamates (subject to hydrolysis) is 1. The molecular weight excluding hydrogens is 466 g/mol. The smallest absolute Gasteiger partial charge is 0.408 e. The van der Waals surface area contributed by atoms with Crippen molar-refractivity contribution in [1.82, 2.24) is 5.32 Å². The van der Waals surface area contributed by atoms with Crippen molar-refractivity contribution in [3.05, 3.63) is 52.0 Å². The first-order valence-corrected chi connectivity index (χ1v) is 11.0. The Bertz CT molecular complexity index is 988. The first-order chi connectivity index (χ1) is 15.0. The van der Waals surface area contributed by atoms with E-state index in [1.807, 2.05) is 0 Å². The number of carbonyl (C=O) groups is 2. The van der Waals surface area contributed by atoms with Crippen molar-refractivity contribution in [3.8, 4) is 17.2 Å². The molecule has 2 atom stereocenters. The quantitative estimate of drug-likeness (QED) is 0.647. The molecule has 1 heterocycles.